The molecular formula is C31H35NO4. The highest BCUT2D eigenvalue weighted by Crippen LogP contribution is 2.48. The number of hydrogen-bond donors (Lipinski definition) is 2. The van der Waals surface area contributed by atoms with Gasteiger partial charge in [0.2, 0.25) is 0 Å². The Hall–Kier alpha value is -3.44. The van der Waals surface area contributed by atoms with Gasteiger partial charge in [-0.05, 0) is 104 Å². The van der Waals surface area contributed by atoms with E-state index in [2.05, 4.69) is 36.9 Å². The SMILES string of the molecule is CC1=C(c2cc(C)cc(O)c2)C(c2ccc(OCC(C)N3CCC(C)C3)cc2)Oc2ccc(O)cc21. The maximum Gasteiger partial charge on any atom is 0.150 e. The number of hydrogen-bond acceptors (Lipinski definition) is 5. The van der Waals surface area contributed by atoms with Crippen molar-refractivity contribution in [3.8, 4) is 23.0 Å². The zero-order valence-electron chi connectivity index (χ0n) is 21.5. The summed E-state index contributed by atoms with van der Waals surface area (Å²) in [5.41, 5.74) is 5.70. The van der Waals surface area contributed by atoms with Crippen LogP contribution in [0.4, 0.5) is 0 Å². The predicted molar refractivity (Wildman–Crippen MR) is 144 cm³/mol. The first-order valence-electron chi connectivity index (χ1n) is 12.8. The molecule has 2 aliphatic heterocycles. The van der Waals surface area contributed by atoms with Crippen LogP contribution in [0, 0.1) is 12.8 Å². The summed E-state index contributed by atoms with van der Waals surface area (Å²) in [6, 6.07) is 19.3. The molecular weight excluding hydrogens is 450 g/mol. The molecule has 5 heteroatoms. The zero-order valence-corrected chi connectivity index (χ0v) is 21.5. The summed E-state index contributed by atoms with van der Waals surface area (Å²) in [7, 11) is 0. The molecule has 2 heterocycles. The average Bonchev–Trinajstić information content (AvgIpc) is 3.29. The summed E-state index contributed by atoms with van der Waals surface area (Å²) in [6.45, 7) is 11.5. The van der Waals surface area contributed by atoms with Gasteiger partial charge >= 0.3 is 0 Å². The van der Waals surface area contributed by atoms with Crippen LogP contribution in [0.25, 0.3) is 11.1 Å². The number of phenolic OH excluding ortho intramolecular Hbond substituents is 2. The van der Waals surface area contributed by atoms with Gasteiger partial charge in [0.25, 0.3) is 0 Å². The van der Waals surface area contributed by atoms with Gasteiger partial charge in [-0.1, -0.05) is 25.1 Å². The summed E-state index contributed by atoms with van der Waals surface area (Å²) in [6.07, 6.45) is 0.902. The molecule has 3 aromatic carbocycles. The van der Waals surface area contributed by atoms with Crippen LogP contribution in [0.3, 0.4) is 0 Å². The van der Waals surface area contributed by atoms with E-state index < -0.39 is 0 Å². The lowest BCUT2D eigenvalue weighted by Crippen LogP contribution is -2.35. The molecule has 2 N–H and O–H groups in total. The van der Waals surface area contributed by atoms with Crippen molar-refractivity contribution >= 4 is 11.1 Å². The molecule has 0 aliphatic carbocycles. The second-order valence-electron chi connectivity index (χ2n) is 10.4. The molecule has 0 amide bonds. The summed E-state index contributed by atoms with van der Waals surface area (Å²) in [4.78, 5) is 2.50. The molecule has 0 spiro atoms. The maximum atomic E-state index is 10.3. The fourth-order valence-corrected chi connectivity index (χ4v) is 5.39. The van der Waals surface area contributed by atoms with Crippen LogP contribution in [0.2, 0.25) is 0 Å². The second-order valence-corrected chi connectivity index (χ2v) is 10.4. The molecule has 5 rings (SSSR count). The van der Waals surface area contributed by atoms with E-state index >= 15 is 0 Å². The fraction of sp³-hybridized carbons (Fsp3) is 0.355. The van der Waals surface area contributed by atoms with Crippen LogP contribution in [-0.2, 0) is 0 Å². The molecule has 3 atom stereocenters. The Morgan fingerprint density at radius 3 is 2.47 bits per heavy atom. The number of aromatic hydroxyl groups is 2. The summed E-state index contributed by atoms with van der Waals surface area (Å²) >= 11 is 0. The smallest absolute Gasteiger partial charge is 0.150 e. The number of phenols is 2. The van der Waals surface area contributed by atoms with Gasteiger partial charge in [0.15, 0.2) is 0 Å². The van der Waals surface area contributed by atoms with Crippen molar-refractivity contribution in [1.82, 2.24) is 4.90 Å². The number of allylic oxidation sites excluding steroid dienone is 1. The molecule has 5 nitrogen and oxygen atoms in total. The fourth-order valence-electron chi connectivity index (χ4n) is 5.39. The molecule has 0 radical (unpaired) electrons. The topological polar surface area (TPSA) is 62.2 Å². The van der Waals surface area contributed by atoms with Gasteiger partial charge in [-0.3, -0.25) is 4.90 Å². The van der Waals surface area contributed by atoms with Crippen molar-refractivity contribution in [3.05, 3.63) is 82.9 Å². The number of nitrogens with zero attached hydrogens (tertiary/aromatic N) is 1. The van der Waals surface area contributed by atoms with Crippen LogP contribution in [0.15, 0.2) is 60.7 Å². The lowest BCUT2D eigenvalue weighted by molar-refractivity contribution is 0.169. The average molecular weight is 486 g/mol. The molecule has 0 saturated carbocycles. The first-order valence-corrected chi connectivity index (χ1v) is 12.8. The summed E-state index contributed by atoms with van der Waals surface area (Å²) < 4.78 is 12.6. The molecule has 3 aromatic rings. The van der Waals surface area contributed by atoms with Crippen LogP contribution >= 0.6 is 0 Å². The minimum Gasteiger partial charge on any atom is -0.508 e. The van der Waals surface area contributed by atoms with E-state index in [4.69, 9.17) is 9.47 Å². The Kier molecular flexibility index (Phi) is 6.67. The van der Waals surface area contributed by atoms with E-state index in [-0.39, 0.29) is 17.6 Å². The number of benzene rings is 3. The Labute approximate surface area is 213 Å². The van der Waals surface area contributed by atoms with Crippen molar-refractivity contribution in [2.75, 3.05) is 19.7 Å². The van der Waals surface area contributed by atoms with Crippen molar-refractivity contribution < 1.29 is 19.7 Å². The Morgan fingerprint density at radius 1 is 1.00 bits per heavy atom. The summed E-state index contributed by atoms with van der Waals surface area (Å²) in [5.74, 6) is 2.74. The number of fused-ring (bicyclic) bond motifs is 1. The maximum absolute atomic E-state index is 10.3. The van der Waals surface area contributed by atoms with Crippen molar-refractivity contribution in [2.45, 2.75) is 46.3 Å². The quantitative estimate of drug-likeness (QED) is 0.413. The largest absolute Gasteiger partial charge is 0.508 e. The standard InChI is InChI=1S/C31H35NO4/c1-19-11-12-32(17-19)21(3)18-35-27-8-5-23(6-9-27)31-30(24-13-20(2)14-26(34)15-24)22(4)28-16-25(33)7-10-29(28)36-31/h5-10,13-16,19,21,31,33-34H,11-12,17-18H2,1-4H3. The molecule has 0 aromatic heterocycles. The van der Waals surface area contributed by atoms with Gasteiger partial charge in [0, 0.05) is 23.7 Å². The van der Waals surface area contributed by atoms with Crippen LogP contribution in [0.1, 0.15) is 55.5 Å². The molecule has 36 heavy (non-hydrogen) atoms. The van der Waals surface area contributed by atoms with E-state index in [1.165, 1.54) is 6.42 Å². The zero-order chi connectivity index (χ0) is 25.4. The molecule has 1 fully saturated rings. The third-order valence-corrected chi connectivity index (χ3v) is 7.40. The van der Waals surface area contributed by atoms with E-state index in [9.17, 15) is 10.2 Å². The lowest BCUT2D eigenvalue weighted by Gasteiger charge is -2.31. The Morgan fingerprint density at radius 2 is 1.78 bits per heavy atom. The van der Waals surface area contributed by atoms with Gasteiger partial charge < -0.3 is 19.7 Å². The van der Waals surface area contributed by atoms with Gasteiger partial charge in [0.05, 0.1) is 0 Å². The van der Waals surface area contributed by atoms with E-state index in [0.717, 1.165) is 63.9 Å². The minimum atomic E-state index is -0.359. The van der Waals surface area contributed by atoms with Crippen LogP contribution in [0.5, 0.6) is 23.0 Å². The van der Waals surface area contributed by atoms with Crippen LogP contribution in [-0.4, -0.2) is 40.9 Å². The third kappa shape index (κ3) is 4.93. The van der Waals surface area contributed by atoms with E-state index in [1.807, 2.05) is 32.0 Å². The predicted octanol–water partition coefficient (Wildman–Crippen LogP) is 6.58. The molecule has 0 bridgehead atoms. The lowest BCUT2D eigenvalue weighted by atomic mass is 9.85. The van der Waals surface area contributed by atoms with Crippen molar-refractivity contribution in [1.29, 1.82) is 0 Å². The minimum absolute atomic E-state index is 0.195. The van der Waals surface area contributed by atoms with Gasteiger partial charge in [0.1, 0.15) is 35.7 Å². The number of ether oxygens (including phenoxy) is 2. The van der Waals surface area contributed by atoms with E-state index in [0.29, 0.717) is 12.6 Å². The Bertz CT molecular complexity index is 1260. The first-order chi connectivity index (χ1) is 17.3. The molecule has 2 aliphatic rings. The first kappa shape index (κ1) is 24.3. The highest BCUT2D eigenvalue weighted by atomic mass is 16.5. The van der Waals surface area contributed by atoms with E-state index in [1.54, 1.807) is 24.3 Å². The third-order valence-electron chi connectivity index (χ3n) is 7.40. The second kappa shape index (κ2) is 9.90. The monoisotopic (exact) mass is 485 g/mol. The highest BCUT2D eigenvalue weighted by Gasteiger charge is 2.30. The highest BCUT2D eigenvalue weighted by molar-refractivity contribution is 5.96. The van der Waals surface area contributed by atoms with Crippen molar-refractivity contribution in [3.63, 3.8) is 0 Å². The Balaban J connectivity index is 1.43. The van der Waals surface area contributed by atoms with Crippen LogP contribution < -0.4 is 9.47 Å². The van der Waals surface area contributed by atoms with Gasteiger partial charge in [-0.25, -0.2) is 0 Å². The van der Waals surface area contributed by atoms with Gasteiger partial charge in [-0.2, -0.15) is 0 Å². The molecule has 3 unspecified atom stereocenters. The van der Waals surface area contributed by atoms with Crippen molar-refractivity contribution in [2.24, 2.45) is 5.92 Å². The molecule has 188 valence electrons. The number of aryl methyl sites for hydroxylation is 1. The number of rotatable bonds is 6. The molecule has 1 saturated heterocycles. The van der Waals surface area contributed by atoms with Gasteiger partial charge in [-0.15, -0.1) is 0 Å². The normalized spacial score (nSPS) is 20.7. The summed E-state index contributed by atoms with van der Waals surface area (Å²) in [5, 5.41) is 20.4. The number of likely N-dealkylation sites (tertiary alicyclic amines) is 1.